The molecule has 29 heavy (non-hydrogen) atoms. The molecule has 0 unspecified atom stereocenters. The van der Waals surface area contributed by atoms with Gasteiger partial charge in [-0.3, -0.25) is 9.59 Å². The number of aryl methyl sites for hydroxylation is 2. The molecule has 2 N–H and O–H groups in total. The lowest BCUT2D eigenvalue weighted by Crippen LogP contribution is -3.15. The number of piperazine rings is 1. The lowest BCUT2D eigenvalue weighted by molar-refractivity contribution is -0.895. The topological polar surface area (TPSA) is 53.9 Å². The van der Waals surface area contributed by atoms with Gasteiger partial charge in [-0.1, -0.05) is 36.4 Å². The number of para-hydroxylation sites is 1. The number of carbonyl (C=O) groups excluding carboxylic acids is 2. The molecule has 2 amide bonds. The number of quaternary nitrogens is 1. The first kappa shape index (κ1) is 21.4. The quantitative estimate of drug-likeness (QED) is 0.685. The Morgan fingerprint density at radius 3 is 2.31 bits per heavy atom. The van der Waals surface area contributed by atoms with Crippen LogP contribution in [-0.2, 0) is 9.59 Å². The molecular formula is C23H30N3O2S+. The van der Waals surface area contributed by atoms with Gasteiger partial charge in [-0.25, -0.2) is 0 Å². The zero-order chi connectivity index (χ0) is 20.6. The van der Waals surface area contributed by atoms with Crippen LogP contribution in [-0.4, -0.2) is 55.2 Å². The van der Waals surface area contributed by atoms with E-state index >= 15 is 0 Å². The van der Waals surface area contributed by atoms with Crippen LogP contribution in [0.1, 0.15) is 17.5 Å². The molecule has 0 radical (unpaired) electrons. The Morgan fingerprint density at radius 2 is 1.66 bits per heavy atom. The summed E-state index contributed by atoms with van der Waals surface area (Å²) in [6, 6.07) is 16.2. The average molecular weight is 413 g/mol. The maximum atomic E-state index is 12.5. The van der Waals surface area contributed by atoms with Crippen molar-refractivity contribution >= 4 is 29.3 Å². The second-order valence-corrected chi connectivity index (χ2v) is 8.70. The van der Waals surface area contributed by atoms with E-state index in [0.717, 1.165) is 48.7 Å². The van der Waals surface area contributed by atoms with Gasteiger partial charge in [0.25, 0.3) is 5.91 Å². The number of hydrogen-bond donors (Lipinski definition) is 2. The Hall–Kier alpha value is -2.31. The third-order valence-electron chi connectivity index (χ3n) is 5.31. The lowest BCUT2D eigenvalue weighted by atomic mass is 10.1. The summed E-state index contributed by atoms with van der Waals surface area (Å²) >= 11 is 1.72. The van der Waals surface area contributed by atoms with Crippen LogP contribution in [0.3, 0.4) is 0 Å². The molecule has 2 aromatic rings. The maximum Gasteiger partial charge on any atom is 0.279 e. The molecule has 5 nitrogen and oxygen atoms in total. The number of carbonyl (C=O) groups is 2. The molecule has 0 saturated carbocycles. The van der Waals surface area contributed by atoms with Crippen LogP contribution in [0.2, 0.25) is 0 Å². The van der Waals surface area contributed by atoms with E-state index in [1.807, 2.05) is 55.1 Å². The third kappa shape index (κ3) is 6.34. The maximum absolute atomic E-state index is 12.5. The van der Waals surface area contributed by atoms with Crippen molar-refractivity contribution in [1.82, 2.24) is 4.90 Å². The molecule has 6 heteroatoms. The predicted octanol–water partition coefficient (Wildman–Crippen LogP) is 2.15. The fraction of sp³-hybridized carbons (Fsp3) is 0.391. The van der Waals surface area contributed by atoms with Crippen LogP contribution in [0.15, 0.2) is 53.4 Å². The van der Waals surface area contributed by atoms with Crippen LogP contribution >= 0.6 is 11.8 Å². The molecule has 1 fully saturated rings. The van der Waals surface area contributed by atoms with E-state index in [1.54, 1.807) is 11.8 Å². The highest BCUT2D eigenvalue weighted by Crippen LogP contribution is 2.19. The summed E-state index contributed by atoms with van der Waals surface area (Å²) < 4.78 is 0. The predicted molar refractivity (Wildman–Crippen MR) is 118 cm³/mol. The van der Waals surface area contributed by atoms with Crippen molar-refractivity contribution in [2.24, 2.45) is 0 Å². The lowest BCUT2D eigenvalue weighted by Gasteiger charge is -2.32. The molecular weight excluding hydrogens is 382 g/mol. The van der Waals surface area contributed by atoms with Crippen molar-refractivity contribution < 1.29 is 14.5 Å². The normalized spacial score (nSPS) is 14.6. The molecule has 0 aliphatic carbocycles. The Morgan fingerprint density at radius 1 is 1.00 bits per heavy atom. The van der Waals surface area contributed by atoms with E-state index in [2.05, 4.69) is 17.4 Å². The number of benzene rings is 2. The van der Waals surface area contributed by atoms with Gasteiger partial charge >= 0.3 is 0 Å². The van der Waals surface area contributed by atoms with Crippen LogP contribution in [0.5, 0.6) is 0 Å². The van der Waals surface area contributed by atoms with Gasteiger partial charge in [0.15, 0.2) is 6.54 Å². The van der Waals surface area contributed by atoms with Gasteiger partial charge < -0.3 is 15.1 Å². The first-order valence-corrected chi connectivity index (χ1v) is 11.2. The van der Waals surface area contributed by atoms with Crippen molar-refractivity contribution in [3.63, 3.8) is 0 Å². The minimum atomic E-state index is 0.0384. The summed E-state index contributed by atoms with van der Waals surface area (Å²) in [6.45, 7) is 7.54. The van der Waals surface area contributed by atoms with Crippen molar-refractivity contribution in [3.8, 4) is 0 Å². The van der Waals surface area contributed by atoms with Crippen LogP contribution in [0.25, 0.3) is 0 Å². The standard InChI is InChI=1S/C23H29N3O2S/c1-18-7-6-8-19(2)23(18)24-21(27)17-25-12-14-26(15-13-25)22(28)11-16-29-20-9-4-3-5-10-20/h3-10H,11-17H2,1-2H3,(H,24,27)/p+1. The number of rotatable bonds is 7. The van der Waals surface area contributed by atoms with E-state index in [0.29, 0.717) is 13.0 Å². The molecule has 2 aromatic carbocycles. The summed E-state index contributed by atoms with van der Waals surface area (Å²) in [5.41, 5.74) is 3.08. The van der Waals surface area contributed by atoms with E-state index in [-0.39, 0.29) is 11.8 Å². The molecule has 0 aromatic heterocycles. The second kappa shape index (κ2) is 10.5. The molecule has 0 spiro atoms. The van der Waals surface area contributed by atoms with E-state index in [4.69, 9.17) is 0 Å². The van der Waals surface area contributed by atoms with Crippen LogP contribution in [0.4, 0.5) is 5.69 Å². The first-order valence-electron chi connectivity index (χ1n) is 10.2. The first-order chi connectivity index (χ1) is 14.0. The molecule has 154 valence electrons. The summed E-state index contributed by atoms with van der Waals surface area (Å²) in [5.74, 6) is 1.05. The zero-order valence-corrected chi connectivity index (χ0v) is 18.1. The smallest absolute Gasteiger partial charge is 0.279 e. The highest BCUT2D eigenvalue weighted by atomic mass is 32.2. The van der Waals surface area contributed by atoms with Crippen LogP contribution < -0.4 is 10.2 Å². The zero-order valence-electron chi connectivity index (χ0n) is 17.2. The molecule has 1 aliphatic heterocycles. The molecule has 0 atom stereocenters. The number of amides is 2. The minimum absolute atomic E-state index is 0.0384. The molecule has 0 bridgehead atoms. The summed E-state index contributed by atoms with van der Waals surface area (Å²) in [6.07, 6.45) is 0.557. The Balaban J connectivity index is 1.38. The van der Waals surface area contributed by atoms with E-state index < -0.39 is 0 Å². The van der Waals surface area contributed by atoms with Crippen molar-refractivity contribution in [2.45, 2.75) is 25.2 Å². The fourth-order valence-electron chi connectivity index (χ4n) is 3.60. The van der Waals surface area contributed by atoms with Gasteiger partial charge in [0, 0.05) is 22.8 Å². The number of nitrogens with zero attached hydrogens (tertiary/aromatic N) is 1. The Kier molecular flexibility index (Phi) is 7.72. The number of anilines is 1. The van der Waals surface area contributed by atoms with Gasteiger partial charge in [0.2, 0.25) is 5.91 Å². The molecule has 3 rings (SSSR count). The molecule has 1 aliphatic rings. The summed E-state index contributed by atoms with van der Waals surface area (Å²) in [4.78, 5) is 29.3. The van der Waals surface area contributed by atoms with E-state index in [1.165, 1.54) is 9.80 Å². The third-order valence-corrected chi connectivity index (χ3v) is 6.32. The van der Waals surface area contributed by atoms with Gasteiger partial charge in [-0.2, -0.15) is 0 Å². The van der Waals surface area contributed by atoms with Gasteiger partial charge in [0.05, 0.1) is 26.2 Å². The summed E-state index contributed by atoms with van der Waals surface area (Å²) in [5, 5.41) is 3.06. The fourth-order valence-corrected chi connectivity index (χ4v) is 4.46. The molecule has 1 heterocycles. The minimum Gasteiger partial charge on any atom is -0.331 e. The Labute approximate surface area is 177 Å². The monoisotopic (exact) mass is 412 g/mol. The second-order valence-electron chi connectivity index (χ2n) is 7.53. The van der Waals surface area contributed by atoms with E-state index in [9.17, 15) is 9.59 Å². The van der Waals surface area contributed by atoms with Crippen molar-refractivity contribution in [3.05, 3.63) is 59.7 Å². The van der Waals surface area contributed by atoms with Crippen molar-refractivity contribution in [2.75, 3.05) is 43.8 Å². The number of thioether (sulfide) groups is 1. The largest absolute Gasteiger partial charge is 0.331 e. The van der Waals surface area contributed by atoms with Gasteiger partial charge in [-0.05, 0) is 37.1 Å². The highest BCUT2D eigenvalue weighted by molar-refractivity contribution is 7.99. The SMILES string of the molecule is Cc1cccc(C)c1NC(=O)C[NH+]1CCN(C(=O)CCSc2ccccc2)CC1. The van der Waals surface area contributed by atoms with Gasteiger partial charge in [-0.15, -0.1) is 11.8 Å². The average Bonchev–Trinajstić information content (AvgIpc) is 2.72. The molecule has 1 saturated heterocycles. The number of nitrogens with one attached hydrogen (secondary N) is 2. The van der Waals surface area contributed by atoms with Crippen molar-refractivity contribution in [1.29, 1.82) is 0 Å². The van der Waals surface area contributed by atoms with Gasteiger partial charge in [0.1, 0.15) is 0 Å². The Bertz CT molecular complexity index is 813. The summed E-state index contributed by atoms with van der Waals surface area (Å²) in [7, 11) is 0. The number of hydrogen-bond acceptors (Lipinski definition) is 3. The van der Waals surface area contributed by atoms with Crippen LogP contribution in [0, 0.1) is 13.8 Å². The highest BCUT2D eigenvalue weighted by Gasteiger charge is 2.25.